The molecular weight excluding hydrogens is 562 g/mol. The van der Waals surface area contributed by atoms with Gasteiger partial charge in [-0.15, -0.1) is 0 Å². The van der Waals surface area contributed by atoms with E-state index in [0.717, 1.165) is 38.5 Å². The number of nitrogens with zero attached hydrogens (tertiary/aromatic N) is 4. The van der Waals surface area contributed by atoms with E-state index in [2.05, 4.69) is 34.4 Å². The summed E-state index contributed by atoms with van der Waals surface area (Å²) in [6, 6.07) is 0. The highest BCUT2D eigenvalue weighted by atomic mass is 31.3. The molecule has 220 valence electrons. The molecular formula is C20H34N6O11P2. The van der Waals surface area contributed by atoms with E-state index in [4.69, 9.17) is 14.5 Å². The summed E-state index contributed by atoms with van der Waals surface area (Å²) < 4.78 is 37.6. The Balaban J connectivity index is 1.51. The first-order valence-corrected chi connectivity index (χ1v) is 15.3. The smallest absolute Gasteiger partial charge is 0.387 e. The van der Waals surface area contributed by atoms with Gasteiger partial charge in [0.15, 0.2) is 23.2 Å². The lowest BCUT2D eigenvalue weighted by atomic mass is 10.1. The Labute approximate surface area is 223 Å². The molecule has 2 aromatic heterocycles. The van der Waals surface area contributed by atoms with Gasteiger partial charge in [0.2, 0.25) is 5.91 Å². The van der Waals surface area contributed by atoms with Crippen molar-refractivity contribution in [1.82, 2.24) is 24.8 Å². The molecule has 5 unspecified atom stereocenters. The zero-order valence-electron chi connectivity index (χ0n) is 21.2. The van der Waals surface area contributed by atoms with Gasteiger partial charge >= 0.3 is 15.6 Å². The standard InChI is InChI=1S/C20H34N6O11P2/c1-13(27)21-8-6-4-2-3-5-7-9-22-18-15-19(24-11-23-18)26(12-25-15)20-17(29)16(28)14(36-20)10-35-39(33,34)37-38(30,31)32/h11-12,14,16-17,20,28-29H,2-10H2,1H3,(H,21,27)(H,33,34)(H,22,23,24)(H2,30,31,32). The number of aromatic nitrogens is 4. The number of hydrogen-bond acceptors (Lipinski definition) is 12. The van der Waals surface area contributed by atoms with Gasteiger partial charge in [-0.05, 0) is 12.8 Å². The summed E-state index contributed by atoms with van der Waals surface area (Å²) in [6.07, 6.45) is 3.07. The van der Waals surface area contributed by atoms with Gasteiger partial charge in [0.1, 0.15) is 24.6 Å². The van der Waals surface area contributed by atoms with Gasteiger partial charge < -0.3 is 40.3 Å². The molecule has 3 heterocycles. The first-order valence-electron chi connectivity index (χ1n) is 12.3. The quantitative estimate of drug-likeness (QED) is 0.103. The Morgan fingerprint density at radius 3 is 2.36 bits per heavy atom. The number of ether oxygens (including phenoxy) is 1. The molecule has 19 heteroatoms. The maximum absolute atomic E-state index is 11.7. The fourth-order valence-electron chi connectivity index (χ4n) is 4.02. The maximum Gasteiger partial charge on any atom is 0.481 e. The Hall–Kier alpha value is -2.04. The van der Waals surface area contributed by atoms with E-state index in [0.29, 0.717) is 30.1 Å². The Kier molecular flexibility index (Phi) is 11.3. The van der Waals surface area contributed by atoms with E-state index >= 15 is 0 Å². The predicted molar refractivity (Wildman–Crippen MR) is 135 cm³/mol. The molecule has 1 aliphatic heterocycles. The lowest BCUT2D eigenvalue weighted by molar-refractivity contribution is -0.118. The zero-order valence-corrected chi connectivity index (χ0v) is 23.0. The van der Waals surface area contributed by atoms with Crippen molar-refractivity contribution in [2.45, 2.75) is 70.0 Å². The number of aliphatic hydroxyl groups is 2. The molecule has 0 aliphatic carbocycles. The van der Waals surface area contributed by atoms with Gasteiger partial charge in [-0.2, -0.15) is 4.31 Å². The van der Waals surface area contributed by atoms with Crippen molar-refractivity contribution < 1.29 is 52.4 Å². The van der Waals surface area contributed by atoms with E-state index < -0.39 is 46.8 Å². The van der Waals surface area contributed by atoms with Crippen molar-refractivity contribution in [3.63, 3.8) is 0 Å². The SMILES string of the molecule is CC(=O)NCCCCCCCCNc1ncnc2c1ncn2C1OC(COP(=O)(O)OP(=O)(O)O)C(O)C1O. The van der Waals surface area contributed by atoms with Gasteiger partial charge in [-0.3, -0.25) is 13.9 Å². The predicted octanol–water partition coefficient (Wildman–Crippen LogP) is 0.560. The second-order valence-corrected chi connectivity index (χ2v) is 11.8. The third-order valence-electron chi connectivity index (χ3n) is 5.85. The molecule has 1 fully saturated rings. The van der Waals surface area contributed by atoms with Gasteiger partial charge in [0, 0.05) is 20.0 Å². The fraction of sp³-hybridized carbons (Fsp3) is 0.700. The third-order valence-corrected chi connectivity index (χ3v) is 8.00. The number of rotatable bonds is 16. The van der Waals surface area contributed by atoms with E-state index in [9.17, 15) is 29.0 Å². The zero-order chi connectivity index (χ0) is 28.6. The van der Waals surface area contributed by atoms with Crippen LogP contribution in [0.15, 0.2) is 12.7 Å². The van der Waals surface area contributed by atoms with Crippen LogP contribution in [0.1, 0.15) is 51.7 Å². The first-order chi connectivity index (χ1) is 18.4. The molecule has 0 saturated carbocycles. The topological polar surface area (TPSA) is 248 Å². The van der Waals surface area contributed by atoms with E-state index in [-0.39, 0.29) is 5.91 Å². The maximum atomic E-state index is 11.7. The van der Waals surface area contributed by atoms with Crippen LogP contribution in [0.3, 0.4) is 0 Å². The van der Waals surface area contributed by atoms with Crippen LogP contribution in [0.4, 0.5) is 5.82 Å². The summed E-state index contributed by atoms with van der Waals surface area (Å²) in [5.74, 6) is 0.454. The molecule has 39 heavy (non-hydrogen) atoms. The number of phosphoric acid groups is 2. The van der Waals surface area contributed by atoms with Gasteiger partial charge in [0.25, 0.3) is 0 Å². The average Bonchev–Trinajstić information content (AvgIpc) is 3.39. The molecule has 17 nitrogen and oxygen atoms in total. The van der Waals surface area contributed by atoms with Crippen molar-refractivity contribution >= 4 is 38.5 Å². The number of fused-ring (bicyclic) bond motifs is 1. The van der Waals surface area contributed by atoms with Gasteiger partial charge in [-0.1, -0.05) is 25.7 Å². The van der Waals surface area contributed by atoms with E-state index in [1.807, 2.05) is 0 Å². The average molecular weight is 596 g/mol. The van der Waals surface area contributed by atoms with Crippen LogP contribution in [0, 0.1) is 0 Å². The Bertz CT molecular complexity index is 1190. The highest BCUT2D eigenvalue weighted by molar-refractivity contribution is 7.60. The minimum Gasteiger partial charge on any atom is -0.387 e. The third kappa shape index (κ3) is 9.53. The largest absolute Gasteiger partial charge is 0.481 e. The number of phosphoric ester groups is 1. The lowest BCUT2D eigenvalue weighted by Gasteiger charge is -2.17. The van der Waals surface area contributed by atoms with E-state index in [1.54, 1.807) is 0 Å². The normalized spacial score (nSPS) is 23.1. The number of nitrogens with one attached hydrogen (secondary N) is 2. The number of anilines is 1. The van der Waals surface area contributed by atoms with Crippen LogP contribution >= 0.6 is 15.6 Å². The van der Waals surface area contributed by atoms with E-state index in [1.165, 1.54) is 24.1 Å². The minimum absolute atomic E-state index is 0.0164. The minimum atomic E-state index is -5.32. The highest BCUT2D eigenvalue weighted by Gasteiger charge is 2.46. The Morgan fingerprint density at radius 2 is 1.69 bits per heavy atom. The molecule has 0 bridgehead atoms. The summed E-state index contributed by atoms with van der Waals surface area (Å²) in [5, 5.41) is 26.8. The van der Waals surface area contributed by atoms with Crippen LogP contribution < -0.4 is 10.6 Å². The van der Waals surface area contributed by atoms with Gasteiger partial charge in [-0.25, -0.2) is 24.1 Å². The van der Waals surface area contributed by atoms with Crippen molar-refractivity contribution in [2.24, 2.45) is 0 Å². The molecule has 7 N–H and O–H groups in total. The molecule has 3 rings (SSSR count). The van der Waals surface area contributed by atoms with Crippen LogP contribution in [-0.2, 0) is 27.5 Å². The monoisotopic (exact) mass is 596 g/mol. The van der Waals surface area contributed by atoms with Gasteiger partial charge in [0.05, 0.1) is 12.9 Å². The number of unbranched alkanes of at least 4 members (excludes halogenated alkanes) is 5. The molecule has 0 radical (unpaired) electrons. The van der Waals surface area contributed by atoms with Crippen LogP contribution in [0.2, 0.25) is 0 Å². The first kappa shape index (κ1) is 31.5. The lowest BCUT2D eigenvalue weighted by Crippen LogP contribution is -2.33. The summed E-state index contributed by atoms with van der Waals surface area (Å²) in [6.45, 7) is 2.03. The molecule has 0 spiro atoms. The number of imidazole rings is 1. The van der Waals surface area contributed by atoms with Crippen molar-refractivity contribution in [2.75, 3.05) is 25.0 Å². The van der Waals surface area contributed by atoms with Crippen molar-refractivity contribution in [3.05, 3.63) is 12.7 Å². The number of aliphatic hydroxyl groups excluding tert-OH is 2. The summed E-state index contributed by atoms with van der Waals surface area (Å²) in [5.41, 5.74) is 0.692. The van der Waals surface area contributed by atoms with Crippen LogP contribution in [0.5, 0.6) is 0 Å². The fourth-order valence-corrected chi connectivity index (χ4v) is 5.62. The van der Waals surface area contributed by atoms with Crippen molar-refractivity contribution in [3.8, 4) is 0 Å². The molecule has 5 atom stereocenters. The Morgan fingerprint density at radius 1 is 1.03 bits per heavy atom. The number of amides is 1. The van der Waals surface area contributed by atoms with Crippen LogP contribution in [0.25, 0.3) is 11.2 Å². The second kappa shape index (κ2) is 14.0. The number of carbonyl (C=O) groups is 1. The number of hydrogen-bond donors (Lipinski definition) is 7. The van der Waals surface area contributed by atoms with Crippen molar-refractivity contribution in [1.29, 1.82) is 0 Å². The molecule has 1 saturated heterocycles. The molecule has 1 amide bonds. The highest BCUT2D eigenvalue weighted by Crippen LogP contribution is 2.57. The second-order valence-electron chi connectivity index (χ2n) is 8.96. The van der Waals surface area contributed by atoms with Crippen LogP contribution in [-0.4, -0.2) is 88.3 Å². The summed E-state index contributed by atoms with van der Waals surface area (Å²) >= 11 is 0. The molecule has 0 aromatic carbocycles. The summed E-state index contributed by atoms with van der Waals surface area (Å²) in [4.78, 5) is 50.4. The molecule has 1 aliphatic rings. The molecule has 2 aromatic rings. The number of carbonyl (C=O) groups excluding carboxylic acids is 1. The summed E-state index contributed by atoms with van der Waals surface area (Å²) in [7, 11) is -10.5.